The lowest BCUT2D eigenvalue weighted by atomic mass is 9.96. The minimum Gasteiger partial charge on any atom is -0.466 e. The molecule has 0 spiro atoms. The van der Waals surface area contributed by atoms with E-state index < -0.39 is 0 Å². The van der Waals surface area contributed by atoms with Gasteiger partial charge in [0.15, 0.2) is 0 Å². The molecule has 0 aliphatic carbocycles. The molecule has 0 heterocycles. The van der Waals surface area contributed by atoms with Crippen molar-refractivity contribution in [3.63, 3.8) is 0 Å². The lowest BCUT2D eigenvalue weighted by Gasteiger charge is -2.19. The predicted octanol–water partition coefficient (Wildman–Crippen LogP) is 2.92. The molecule has 106 valence electrons. The molecule has 0 bridgehead atoms. The summed E-state index contributed by atoms with van der Waals surface area (Å²) in [4.78, 5) is 11.8. The van der Waals surface area contributed by atoms with Crippen molar-refractivity contribution in [1.29, 1.82) is 0 Å². The molecule has 1 unspecified atom stereocenters. The highest BCUT2D eigenvalue weighted by Gasteiger charge is 2.22. The van der Waals surface area contributed by atoms with Crippen LogP contribution in [0.3, 0.4) is 0 Å². The van der Waals surface area contributed by atoms with E-state index in [0.29, 0.717) is 13.2 Å². The van der Waals surface area contributed by atoms with Crippen molar-refractivity contribution in [1.82, 2.24) is 5.32 Å². The van der Waals surface area contributed by atoms with Gasteiger partial charge in [0.25, 0.3) is 0 Å². The first-order valence-electron chi connectivity index (χ1n) is 6.97. The Morgan fingerprint density at radius 1 is 1.26 bits per heavy atom. The van der Waals surface area contributed by atoms with E-state index in [4.69, 9.17) is 4.74 Å². The van der Waals surface area contributed by atoms with E-state index in [9.17, 15) is 4.79 Å². The molecule has 1 atom stereocenters. The zero-order valence-corrected chi connectivity index (χ0v) is 12.4. The largest absolute Gasteiger partial charge is 0.466 e. The number of ether oxygens (including phenoxy) is 1. The van der Waals surface area contributed by atoms with Gasteiger partial charge in [0, 0.05) is 13.1 Å². The lowest BCUT2D eigenvalue weighted by Crippen LogP contribution is -2.33. The number of aryl methyl sites for hydroxylation is 1. The number of rotatable bonds is 7. The number of carbonyl (C=O) groups is 1. The molecule has 0 saturated carbocycles. The molecule has 1 N–H and O–H groups in total. The fraction of sp³-hybridized carbons (Fsp3) is 0.562. The Morgan fingerprint density at radius 2 is 1.89 bits per heavy atom. The van der Waals surface area contributed by atoms with Crippen LogP contribution >= 0.6 is 0 Å². The smallest absolute Gasteiger partial charge is 0.310 e. The van der Waals surface area contributed by atoms with Crippen molar-refractivity contribution < 1.29 is 9.53 Å². The minimum atomic E-state index is -0.103. The first kappa shape index (κ1) is 15.7. The van der Waals surface area contributed by atoms with Gasteiger partial charge < -0.3 is 10.1 Å². The standard InChI is InChI=1S/C16H25NO2/c1-5-19-16(18)15(12(2)3)11-17-10-14-8-6-13(4)7-9-14/h6-9,12,15,17H,5,10-11H2,1-4H3. The summed E-state index contributed by atoms with van der Waals surface area (Å²) in [6, 6.07) is 8.42. The number of esters is 1. The summed E-state index contributed by atoms with van der Waals surface area (Å²) >= 11 is 0. The van der Waals surface area contributed by atoms with Crippen molar-refractivity contribution in [2.75, 3.05) is 13.2 Å². The highest BCUT2D eigenvalue weighted by molar-refractivity contribution is 5.72. The minimum absolute atomic E-state index is 0.0783. The molecule has 0 saturated heterocycles. The monoisotopic (exact) mass is 263 g/mol. The van der Waals surface area contributed by atoms with Gasteiger partial charge in [-0.2, -0.15) is 0 Å². The molecular weight excluding hydrogens is 238 g/mol. The summed E-state index contributed by atoms with van der Waals surface area (Å²) in [6.07, 6.45) is 0. The Balaban J connectivity index is 2.44. The third-order valence-corrected chi connectivity index (χ3v) is 3.21. The van der Waals surface area contributed by atoms with Crippen LogP contribution in [0.5, 0.6) is 0 Å². The molecule has 1 aromatic rings. The maximum atomic E-state index is 11.8. The molecule has 0 radical (unpaired) electrons. The highest BCUT2D eigenvalue weighted by Crippen LogP contribution is 2.12. The highest BCUT2D eigenvalue weighted by atomic mass is 16.5. The van der Waals surface area contributed by atoms with Gasteiger partial charge in [-0.15, -0.1) is 0 Å². The number of nitrogens with one attached hydrogen (secondary N) is 1. The number of hydrogen-bond donors (Lipinski definition) is 1. The summed E-state index contributed by atoms with van der Waals surface area (Å²) in [6.45, 7) is 9.90. The lowest BCUT2D eigenvalue weighted by molar-refractivity contribution is -0.149. The van der Waals surface area contributed by atoms with Crippen molar-refractivity contribution >= 4 is 5.97 Å². The van der Waals surface area contributed by atoms with Crippen molar-refractivity contribution in [2.45, 2.75) is 34.2 Å². The number of benzene rings is 1. The summed E-state index contributed by atoms with van der Waals surface area (Å²) in [5.74, 6) is 0.101. The van der Waals surface area contributed by atoms with Gasteiger partial charge >= 0.3 is 5.97 Å². The predicted molar refractivity (Wildman–Crippen MR) is 77.8 cm³/mol. The fourth-order valence-corrected chi connectivity index (χ4v) is 1.92. The molecular formula is C16H25NO2. The Kier molecular flexibility index (Phi) is 6.57. The molecule has 0 fully saturated rings. The van der Waals surface area contributed by atoms with Crippen LogP contribution in [-0.4, -0.2) is 19.1 Å². The summed E-state index contributed by atoms with van der Waals surface area (Å²) < 4.78 is 5.10. The van der Waals surface area contributed by atoms with Crippen LogP contribution in [-0.2, 0) is 16.1 Å². The maximum Gasteiger partial charge on any atom is 0.310 e. The Hall–Kier alpha value is -1.35. The van der Waals surface area contributed by atoms with E-state index in [1.165, 1.54) is 11.1 Å². The summed E-state index contributed by atoms with van der Waals surface area (Å²) in [7, 11) is 0. The Morgan fingerprint density at radius 3 is 2.42 bits per heavy atom. The van der Waals surface area contributed by atoms with Crippen LogP contribution < -0.4 is 5.32 Å². The summed E-state index contributed by atoms with van der Waals surface area (Å²) in [5.41, 5.74) is 2.49. The van der Waals surface area contributed by atoms with E-state index >= 15 is 0 Å². The average molecular weight is 263 g/mol. The zero-order chi connectivity index (χ0) is 14.3. The van der Waals surface area contributed by atoms with Gasteiger partial charge in [-0.3, -0.25) is 4.79 Å². The third-order valence-electron chi connectivity index (χ3n) is 3.21. The van der Waals surface area contributed by atoms with E-state index in [0.717, 1.165) is 6.54 Å². The van der Waals surface area contributed by atoms with E-state index in [1.54, 1.807) is 0 Å². The van der Waals surface area contributed by atoms with Gasteiger partial charge in [0.05, 0.1) is 12.5 Å². The normalized spacial score (nSPS) is 12.5. The van der Waals surface area contributed by atoms with Crippen molar-refractivity contribution in [2.24, 2.45) is 11.8 Å². The zero-order valence-electron chi connectivity index (χ0n) is 12.4. The average Bonchev–Trinajstić information content (AvgIpc) is 2.36. The molecule has 0 aromatic heterocycles. The van der Waals surface area contributed by atoms with Crippen LogP contribution in [0, 0.1) is 18.8 Å². The molecule has 3 heteroatoms. The molecule has 3 nitrogen and oxygen atoms in total. The van der Waals surface area contributed by atoms with Gasteiger partial charge in [-0.05, 0) is 25.3 Å². The third kappa shape index (κ3) is 5.43. The van der Waals surface area contributed by atoms with Crippen LogP contribution in [0.15, 0.2) is 24.3 Å². The molecule has 19 heavy (non-hydrogen) atoms. The second-order valence-electron chi connectivity index (χ2n) is 5.22. The van der Waals surface area contributed by atoms with E-state index in [1.807, 2.05) is 6.92 Å². The Bertz CT molecular complexity index is 384. The van der Waals surface area contributed by atoms with Crippen LogP contribution in [0.1, 0.15) is 31.9 Å². The van der Waals surface area contributed by atoms with Gasteiger partial charge in [-0.25, -0.2) is 0 Å². The van der Waals surface area contributed by atoms with Gasteiger partial charge in [0.1, 0.15) is 0 Å². The molecule has 0 aliphatic heterocycles. The van der Waals surface area contributed by atoms with Crippen LogP contribution in [0.4, 0.5) is 0 Å². The first-order chi connectivity index (χ1) is 9.04. The second kappa shape index (κ2) is 7.95. The molecule has 0 aliphatic rings. The SMILES string of the molecule is CCOC(=O)C(CNCc1ccc(C)cc1)C(C)C. The molecule has 1 aromatic carbocycles. The summed E-state index contributed by atoms with van der Waals surface area (Å²) in [5, 5.41) is 3.34. The molecule has 0 amide bonds. The number of hydrogen-bond acceptors (Lipinski definition) is 3. The first-order valence-corrected chi connectivity index (χ1v) is 6.97. The van der Waals surface area contributed by atoms with Gasteiger partial charge in [-0.1, -0.05) is 43.7 Å². The number of carbonyl (C=O) groups excluding carboxylic acids is 1. The van der Waals surface area contributed by atoms with Crippen molar-refractivity contribution in [3.05, 3.63) is 35.4 Å². The second-order valence-corrected chi connectivity index (χ2v) is 5.22. The van der Waals surface area contributed by atoms with E-state index in [-0.39, 0.29) is 17.8 Å². The van der Waals surface area contributed by atoms with E-state index in [2.05, 4.69) is 50.4 Å². The molecule has 1 rings (SSSR count). The topological polar surface area (TPSA) is 38.3 Å². The Labute approximate surface area is 116 Å². The van der Waals surface area contributed by atoms with Gasteiger partial charge in [0.2, 0.25) is 0 Å². The fourth-order valence-electron chi connectivity index (χ4n) is 1.92. The van der Waals surface area contributed by atoms with Crippen LogP contribution in [0.2, 0.25) is 0 Å². The van der Waals surface area contributed by atoms with Crippen LogP contribution in [0.25, 0.3) is 0 Å². The maximum absolute atomic E-state index is 11.8. The quantitative estimate of drug-likeness (QED) is 0.769. The van der Waals surface area contributed by atoms with Crippen molar-refractivity contribution in [3.8, 4) is 0 Å².